The monoisotopic (exact) mass is 388 g/mol. The highest BCUT2D eigenvalue weighted by molar-refractivity contribution is 6.58. The molecule has 0 fully saturated rings. The van der Waals surface area contributed by atoms with Crippen LogP contribution in [0.15, 0.2) is 41.6 Å². The zero-order chi connectivity index (χ0) is 19.7. The second kappa shape index (κ2) is 5.83. The average molecular weight is 389 g/mol. The molecule has 0 bridgehead atoms. The van der Waals surface area contributed by atoms with Gasteiger partial charge < -0.3 is 22.3 Å². The van der Waals surface area contributed by atoms with Crippen molar-refractivity contribution in [3.63, 3.8) is 0 Å². The number of nitrogens with zero attached hydrogens (tertiary/aromatic N) is 2. The Hall–Kier alpha value is -2.34. The van der Waals surface area contributed by atoms with Gasteiger partial charge in [-0.2, -0.15) is 0 Å². The predicted molar refractivity (Wildman–Crippen MR) is 106 cm³/mol. The van der Waals surface area contributed by atoms with Crippen LogP contribution >= 0.6 is 11.6 Å². The molecule has 140 valence electrons. The van der Waals surface area contributed by atoms with E-state index in [4.69, 9.17) is 16.3 Å². The van der Waals surface area contributed by atoms with Gasteiger partial charge in [0.25, 0.3) is 0 Å². The molecule has 4 rings (SSSR count). The Morgan fingerprint density at radius 2 is 1.81 bits per heavy atom. The fourth-order valence-corrected chi connectivity index (χ4v) is 4.64. The molecular formula is C20H20BClF2N2O. The lowest BCUT2D eigenvalue weighted by Gasteiger charge is -2.34. The van der Waals surface area contributed by atoms with Gasteiger partial charge in [0.1, 0.15) is 11.5 Å². The van der Waals surface area contributed by atoms with Crippen molar-refractivity contribution in [2.45, 2.75) is 27.7 Å². The topological polar surface area (TPSA) is 17.2 Å². The average Bonchev–Trinajstić information content (AvgIpc) is 3.06. The van der Waals surface area contributed by atoms with Crippen LogP contribution in [0, 0.1) is 13.8 Å². The van der Waals surface area contributed by atoms with Crippen molar-refractivity contribution >= 4 is 29.9 Å². The molecule has 2 aromatic rings. The Morgan fingerprint density at radius 1 is 1.11 bits per heavy atom. The van der Waals surface area contributed by atoms with E-state index in [9.17, 15) is 0 Å². The zero-order valence-corrected chi connectivity index (χ0v) is 16.7. The summed E-state index contributed by atoms with van der Waals surface area (Å²) in [5.74, 6) is 0.626. The molecule has 0 amide bonds. The summed E-state index contributed by atoms with van der Waals surface area (Å²) in [7, 11) is 1.57. The minimum atomic E-state index is -3.98. The number of ether oxygens (including phenoxy) is 1. The van der Waals surface area contributed by atoms with Crippen LogP contribution in [-0.4, -0.2) is 28.8 Å². The number of hydrogen-bond acceptors (Lipinski definition) is 1. The van der Waals surface area contributed by atoms with Crippen molar-refractivity contribution in [2.75, 3.05) is 7.11 Å². The number of allylic oxidation sites excluding steroid dienone is 2. The van der Waals surface area contributed by atoms with E-state index < -0.39 is 6.97 Å². The molecule has 0 aliphatic carbocycles. The number of rotatable bonds is 2. The number of hydrogen-bond donors (Lipinski definition) is 0. The quantitative estimate of drug-likeness (QED) is 0.647. The molecule has 0 unspecified atom stereocenters. The molecule has 0 spiro atoms. The highest BCUT2D eigenvalue weighted by Gasteiger charge is 2.55. The zero-order valence-electron chi connectivity index (χ0n) is 15.9. The van der Waals surface area contributed by atoms with Crippen LogP contribution in [0.5, 0.6) is 5.75 Å². The Bertz CT molecular complexity index is 1100. The molecule has 0 N–H and O–H groups in total. The van der Waals surface area contributed by atoms with Gasteiger partial charge in [0.05, 0.1) is 17.7 Å². The maximum absolute atomic E-state index is 15.6. The van der Waals surface area contributed by atoms with Crippen LogP contribution in [0.2, 0.25) is 5.02 Å². The molecule has 2 aliphatic heterocycles. The first-order valence-electron chi connectivity index (χ1n) is 8.79. The van der Waals surface area contributed by atoms with Crippen molar-refractivity contribution in [1.29, 1.82) is 0 Å². The largest absolute Gasteiger partial charge is 0.737 e. The van der Waals surface area contributed by atoms with Gasteiger partial charge >= 0.3 is 6.97 Å². The minimum Gasteiger partial charge on any atom is -0.497 e. The van der Waals surface area contributed by atoms with Gasteiger partial charge in [0, 0.05) is 29.8 Å². The maximum atomic E-state index is 15.6. The number of aromatic nitrogens is 1. The van der Waals surface area contributed by atoms with Crippen molar-refractivity contribution in [2.24, 2.45) is 0 Å². The molecule has 0 radical (unpaired) electrons. The summed E-state index contributed by atoms with van der Waals surface area (Å²) in [6, 6.07) is 7.16. The molecule has 27 heavy (non-hydrogen) atoms. The summed E-state index contributed by atoms with van der Waals surface area (Å²) in [4.78, 5) is 0. The van der Waals surface area contributed by atoms with E-state index in [0.29, 0.717) is 39.1 Å². The SMILES string of the molecule is COc1ccc(C2=C3C(C)=CC(C)=[N+]3[B-](F)(F)n3c(C)cc(C)c32)c(Cl)c1. The van der Waals surface area contributed by atoms with Crippen LogP contribution in [0.4, 0.5) is 8.63 Å². The summed E-state index contributed by atoms with van der Waals surface area (Å²) in [5.41, 5.74) is 5.18. The maximum Gasteiger partial charge on any atom is 0.737 e. The van der Waals surface area contributed by atoms with E-state index in [-0.39, 0.29) is 0 Å². The summed E-state index contributed by atoms with van der Waals surface area (Å²) in [6.45, 7) is 3.19. The Morgan fingerprint density at radius 3 is 2.44 bits per heavy atom. The molecular weight excluding hydrogens is 368 g/mol. The molecule has 3 heterocycles. The van der Waals surface area contributed by atoms with Crippen LogP contribution < -0.4 is 4.74 Å². The molecule has 7 heteroatoms. The lowest BCUT2D eigenvalue weighted by atomic mass is 9.84. The molecule has 1 aromatic carbocycles. The molecule has 3 nitrogen and oxygen atoms in total. The van der Waals surface area contributed by atoms with Crippen LogP contribution in [-0.2, 0) is 0 Å². The Kier molecular flexibility index (Phi) is 3.90. The van der Waals surface area contributed by atoms with E-state index in [2.05, 4.69) is 0 Å². The number of benzene rings is 1. The van der Waals surface area contributed by atoms with E-state index >= 15 is 8.63 Å². The highest BCUT2D eigenvalue weighted by atomic mass is 35.5. The van der Waals surface area contributed by atoms with Crippen molar-refractivity contribution in [1.82, 2.24) is 4.48 Å². The lowest BCUT2D eigenvalue weighted by molar-refractivity contribution is -0.363. The van der Waals surface area contributed by atoms with Gasteiger partial charge in [-0.05, 0) is 56.3 Å². The van der Waals surface area contributed by atoms with Gasteiger partial charge in [-0.1, -0.05) is 11.6 Å². The third-order valence-corrected chi connectivity index (χ3v) is 5.69. The first-order chi connectivity index (χ1) is 12.7. The minimum absolute atomic E-state index is 0.469. The van der Waals surface area contributed by atoms with E-state index in [1.807, 2.05) is 19.9 Å². The fourth-order valence-electron chi connectivity index (χ4n) is 4.38. The first-order valence-corrected chi connectivity index (χ1v) is 9.17. The van der Waals surface area contributed by atoms with Crippen LogP contribution in [0.1, 0.15) is 36.4 Å². The third-order valence-electron chi connectivity index (χ3n) is 5.38. The number of methoxy groups -OCH3 is 1. The highest BCUT2D eigenvalue weighted by Crippen LogP contribution is 2.45. The van der Waals surface area contributed by atoms with Gasteiger partial charge in [0.2, 0.25) is 0 Å². The summed E-state index contributed by atoms with van der Waals surface area (Å²) < 4.78 is 38.7. The van der Waals surface area contributed by atoms with Gasteiger partial charge in [-0.3, -0.25) is 0 Å². The second-order valence-corrected chi connectivity index (χ2v) is 7.59. The third kappa shape index (κ3) is 2.36. The van der Waals surface area contributed by atoms with Crippen molar-refractivity contribution in [3.05, 3.63) is 69.1 Å². The Labute approximate surface area is 162 Å². The normalized spacial score (nSPS) is 17.9. The van der Waals surface area contributed by atoms with E-state index in [1.165, 1.54) is 8.96 Å². The lowest BCUT2D eigenvalue weighted by Crippen LogP contribution is -2.51. The smallest absolute Gasteiger partial charge is 0.497 e. The van der Waals surface area contributed by atoms with E-state index in [1.54, 1.807) is 45.2 Å². The first kappa shape index (κ1) is 18.0. The van der Waals surface area contributed by atoms with Crippen molar-refractivity contribution < 1.29 is 17.9 Å². The number of aryl methyl sites for hydroxylation is 2. The predicted octanol–water partition coefficient (Wildman–Crippen LogP) is 5.20. The number of halogens is 3. The second-order valence-electron chi connectivity index (χ2n) is 7.18. The Balaban J connectivity index is 2.15. The fraction of sp³-hybridized carbons (Fsp3) is 0.250. The molecule has 0 saturated heterocycles. The van der Waals surface area contributed by atoms with Gasteiger partial charge in [-0.25, -0.2) is 0 Å². The number of fused-ring (bicyclic) bond motifs is 2. The summed E-state index contributed by atoms with van der Waals surface area (Å²) in [6.07, 6.45) is 1.81. The molecule has 2 aliphatic rings. The van der Waals surface area contributed by atoms with E-state index in [0.717, 1.165) is 16.7 Å². The van der Waals surface area contributed by atoms with Crippen LogP contribution in [0.25, 0.3) is 5.57 Å². The van der Waals surface area contributed by atoms with Crippen molar-refractivity contribution in [3.8, 4) is 5.75 Å². The molecule has 1 aromatic heterocycles. The van der Waals surface area contributed by atoms with Crippen LogP contribution in [0.3, 0.4) is 0 Å². The molecule has 0 saturated carbocycles. The molecule has 0 atom stereocenters. The van der Waals surface area contributed by atoms with Gasteiger partial charge in [0.15, 0.2) is 5.70 Å². The standard InChI is InChI=1S/C20H20BClF2N2O/c1-11-8-13(3)25-19(11)18(16-7-6-15(27-5)10-17(16)22)20-12(2)9-14(4)26(20)21(25,23)24/h6-10H,1-5H3. The summed E-state index contributed by atoms with van der Waals surface area (Å²) in [5, 5.41) is 0.469. The summed E-state index contributed by atoms with van der Waals surface area (Å²) >= 11 is 6.56. The van der Waals surface area contributed by atoms with Gasteiger partial charge in [-0.15, -0.1) is 0 Å².